The van der Waals surface area contributed by atoms with Gasteiger partial charge in [-0.15, -0.1) is 11.3 Å². The summed E-state index contributed by atoms with van der Waals surface area (Å²) in [5.41, 5.74) is -0.617. The van der Waals surface area contributed by atoms with Crippen molar-refractivity contribution in [2.45, 2.75) is 38.7 Å². The summed E-state index contributed by atoms with van der Waals surface area (Å²) < 4.78 is 1.11. The highest BCUT2D eigenvalue weighted by Crippen LogP contribution is 2.27. The van der Waals surface area contributed by atoms with E-state index in [1.54, 1.807) is 11.3 Å². The molecule has 1 unspecified atom stereocenters. The van der Waals surface area contributed by atoms with Crippen LogP contribution in [0.5, 0.6) is 0 Å². The van der Waals surface area contributed by atoms with Gasteiger partial charge in [-0.2, -0.15) is 0 Å². The molecule has 1 atom stereocenters. The maximum Gasteiger partial charge on any atom is 0.0680 e. The molecule has 0 radical (unpaired) electrons. The normalized spacial score (nSPS) is 15.0. The molecule has 1 aromatic heterocycles. The van der Waals surface area contributed by atoms with E-state index in [1.165, 1.54) is 4.88 Å². The van der Waals surface area contributed by atoms with Crippen molar-refractivity contribution in [3.05, 3.63) is 20.8 Å². The third-order valence-electron chi connectivity index (χ3n) is 2.50. The van der Waals surface area contributed by atoms with E-state index in [-0.39, 0.29) is 0 Å². The molecule has 92 valence electrons. The third kappa shape index (κ3) is 4.95. The highest BCUT2D eigenvalue weighted by molar-refractivity contribution is 9.10. The summed E-state index contributed by atoms with van der Waals surface area (Å²) in [5, 5.41) is 15.6. The van der Waals surface area contributed by atoms with Gasteiger partial charge in [0.15, 0.2) is 0 Å². The van der Waals surface area contributed by atoms with Gasteiger partial charge < -0.3 is 10.4 Å². The van der Waals surface area contributed by atoms with Crippen LogP contribution in [0.4, 0.5) is 0 Å². The second-order valence-corrected chi connectivity index (χ2v) is 6.22. The lowest BCUT2D eigenvalue weighted by Gasteiger charge is -2.23. The minimum atomic E-state index is -0.617. The van der Waals surface area contributed by atoms with Gasteiger partial charge in [0.2, 0.25) is 0 Å². The minimum Gasteiger partial charge on any atom is -0.390 e. The van der Waals surface area contributed by atoms with Crippen molar-refractivity contribution < 1.29 is 5.11 Å². The van der Waals surface area contributed by atoms with Gasteiger partial charge in [-0.3, -0.25) is 0 Å². The van der Waals surface area contributed by atoms with Crippen molar-refractivity contribution in [1.82, 2.24) is 5.32 Å². The van der Waals surface area contributed by atoms with Crippen LogP contribution in [0.1, 0.15) is 31.6 Å². The molecule has 2 N–H and O–H groups in total. The highest BCUT2D eigenvalue weighted by atomic mass is 79.9. The molecule has 16 heavy (non-hydrogen) atoms. The zero-order valence-corrected chi connectivity index (χ0v) is 12.3. The predicted octanol–water partition coefficient (Wildman–Crippen LogP) is 3.19. The van der Waals surface area contributed by atoms with E-state index in [0.717, 1.165) is 36.8 Å². The van der Waals surface area contributed by atoms with Gasteiger partial charge in [0, 0.05) is 15.8 Å². The number of rotatable bonds is 7. The van der Waals surface area contributed by atoms with Crippen molar-refractivity contribution in [3.63, 3.8) is 0 Å². The van der Waals surface area contributed by atoms with E-state index >= 15 is 0 Å². The zero-order valence-electron chi connectivity index (χ0n) is 9.92. The fraction of sp³-hybridized carbons (Fsp3) is 0.667. The number of hydrogen-bond acceptors (Lipinski definition) is 3. The molecule has 2 nitrogen and oxygen atoms in total. The van der Waals surface area contributed by atoms with Crippen LogP contribution >= 0.6 is 27.3 Å². The first-order valence-electron chi connectivity index (χ1n) is 5.70. The van der Waals surface area contributed by atoms with Gasteiger partial charge in [-0.05, 0) is 60.2 Å². The van der Waals surface area contributed by atoms with Crippen molar-refractivity contribution in [3.8, 4) is 0 Å². The molecular weight excluding hydrogens is 286 g/mol. The van der Waals surface area contributed by atoms with Crippen LogP contribution in [0, 0.1) is 0 Å². The summed E-state index contributed by atoms with van der Waals surface area (Å²) in [7, 11) is 0. The molecule has 4 heteroatoms. The van der Waals surface area contributed by atoms with E-state index in [0.29, 0.717) is 0 Å². The summed E-state index contributed by atoms with van der Waals surface area (Å²) in [4.78, 5) is 1.22. The molecule has 0 fully saturated rings. The Kier molecular flexibility index (Phi) is 5.97. The van der Waals surface area contributed by atoms with Crippen LogP contribution in [-0.4, -0.2) is 23.8 Å². The van der Waals surface area contributed by atoms with Gasteiger partial charge >= 0.3 is 0 Å². The molecule has 0 aliphatic rings. The third-order valence-corrected chi connectivity index (χ3v) is 4.43. The largest absolute Gasteiger partial charge is 0.390 e. The molecule has 0 aliphatic heterocycles. The second-order valence-electron chi connectivity index (χ2n) is 4.37. The topological polar surface area (TPSA) is 32.3 Å². The fourth-order valence-corrected chi connectivity index (χ4v) is 3.22. The van der Waals surface area contributed by atoms with Gasteiger partial charge in [0.25, 0.3) is 0 Å². The molecule has 1 heterocycles. The van der Waals surface area contributed by atoms with Crippen LogP contribution in [-0.2, 0) is 6.42 Å². The average Bonchev–Trinajstić information content (AvgIpc) is 2.59. The van der Waals surface area contributed by atoms with Crippen LogP contribution in [0.2, 0.25) is 0 Å². The quantitative estimate of drug-likeness (QED) is 0.758. The standard InChI is InChI=1S/C12H20BrNOS/c1-3-6-14-7-5-12(2,15)9-11-10(13)4-8-16-11/h4,8,14-15H,3,5-7,9H2,1-2H3. The summed E-state index contributed by atoms with van der Waals surface area (Å²) in [6.45, 7) is 5.96. The van der Waals surface area contributed by atoms with Crippen molar-refractivity contribution in [1.29, 1.82) is 0 Å². The molecule has 1 aromatic rings. The Balaban J connectivity index is 2.36. The lowest BCUT2D eigenvalue weighted by atomic mass is 9.97. The van der Waals surface area contributed by atoms with E-state index in [4.69, 9.17) is 0 Å². The molecule has 0 bridgehead atoms. The Labute approximate surface area is 110 Å². The lowest BCUT2D eigenvalue weighted by Crippen LogP contribution is -2.32. The van der Waals surface area contributed by atoms with Gasteiger partial charge in [-0.25, -0.2) is 0 Å². The monoisotopic (exact) mass is 305 g/mol. The maximum absolute atomic E-state index is 10.3. The Morgan fingerprint density at radius 1 is 1.50 bits per heavy atom. The van der Waals surface area contributed by atoms with E-state index in [2.05, 4.69) is 28.2 Å². The number of aliphatic hydroxyl groups is 1. The number of halogens is 1. The first-order valence-corrected chi connectivity index (χ1v) is 7.37. The Morgan fingerprint density at radius 3 is 2.81 bits per heavy atom. The molecule has 0 saturated heterocycles. The van der Waals surface area contributed by atoms with E-state index < -0.39 is 5.60 Å². The lowest BCUT2D eigenvalue weighted by molar-refractivity contribution is 0.0522. The Morgan fingerprint density at radius 2 is 2.25 bits per heavy atom. The molecule has 1 rings (SSSR count). The number of nitrogens with one attached hydrogen (secondary N) is 1. The fourth-order valence-electron chi connectivity index (χ4n) is 1.54. The Hall–Kier alpha value is 0.100. The molecule has 0 spiro atoms. The van der Waals surface area contributed by atoms with Crippen LogP contribution in [0.15, 0.2) is 15.9 Å². The van der Waals surface area contributed by atoms with Crippen molar-refractivity contribution in [2.75, 3.05) is 13.1 Å². The first-order chi connectivity index (χ1) is 7.55. The molecular formula is C12H20BrNOS. The summed E-state index contributed by atoms with van der Waals surface area (Å²) in [5.74, 6) is 0. The Bertz CT molecular complexity index is 312. The summed E-state index contributed by atoms with van der Waals surface area (Å²) in [6.07, 6.45) is 2.65. The molecule has 0 aromatic carbocycles. The molecule has 0 aliphatic carbocycles. The van der Waals surface area contributed by atoms with E-state index in [9.17, 15) is 5.11 Å². The average molecular weight is 306 g/mol. The van der Waals surface area contributed by atoms with Gasteiger partial charge in [-0.1, -0.05) is 6.92 Å². The first kappa shape index (κ1) is 14.2. The van der Waals surface area contributed by atoms with Gasteiger partial charge in [0.1, 0.15) is 0 Å². The molecule has 0 amide bonds. The van der Waals surface area contributed by atoms with Gasteiger partial charge in [0.05, 0.1) is 5.60 Å². The van der Waals surface area contributed by atoms with Crippen LogP contribution in [0.3, 0.4) is 0 Å². The molecule has 0 saturated carbocycles. The van der Waals surface area contributed by atoms with Crippen LogP contribution < -0.4 is 5.32 Å². The second kappa shape index (κ2) is 6.74. The number of hydrogen-bond donors (Lipinski definition) is 2. The summed E-state index contributed by atoms with van der Waals surface area (Å²) in [6, 6.07) is 2.03. The maximum atomic E-state index is 10.3. The van der Waals surface area contributed by atoms with Crippen molar-refractivity contribution in [2.24, 2.45) is 0 Å². The van der Waals surface area contributed by atoms with Crippen LogP contribution in [0.25, 0.3) is 0 Å². The summed E-state index contributed by atoms with van der Waals surface area (Å²) >= 11 is 5.19. The predicted molar refractivity (Wildman–Crippen MR) is 74.1 cm³/mol. The number of thiophene rings is 1. The minimum absolute atomic E-state index is 0.617. The highest BCUT2D eigenvalue weighted by Gasteiger charge is 2.22. The SMILES string of the molecule is CCCNCCC(C)(O)Cc1sccc1Br. The smallest absolute Gasteiger partial charge is 0.0680 e. The zero-order chi connectivity index (χ0) is 12.0. The van der Waals surface area contributed by atoms with Crippen molar-refractivity contribution >= 4 is 27.3 Å². The van der Waals surface area contributed by atoms with E-state index in [1.807, 2.05) is 18.4 Å².